The molecule has 1 saturated heterocycles. The van der Waals surface area contributed by atoms with E-state index < -0.39 is 5.54 Å². The molecule has 5 nitrogen and oxygen atoms in total. The molecule has 1 unspecified atom stereocenters. The highest BCUT2D eigenvalue weighted by atomic mass is 16.2. The van der Waals surface area contributed by atoms with E-state index >= 15 is 0 Å². The first-order valence-corrected chi connectivity index (χ1v) is 9.17. The van der Waals surface area contributed by atoms with Gasteiger partial charge in [0, 0.05) is 32.5 Å². The number of hydrogen-bond donors (Lipinski definition) is 1. The van der Waals surface area contributed by atoms with Crippen LogP contribution in [0.2, 0.25) is 0 Å². The Morgan fingerprint density at radius 3 is 2.52 bits per heavy atom. The summed E-state index contributed by atoms with van der Waals surface area (Å²) in [6, 6.07) is 10.0. The molecule has 3 rings (SSSR count). The van der Waals surface area contributed by atoms with Crippen molar-refractivity contribution in [2.24, 2.45) is 11.8 Å². The third kappa shape index (κ3) is 3.87. The topological polar surface area (TPSA) is 52.7 Å². The van der Waals surface area contributed by atoms with Crippen molar-refractivity contribution < 1.29 is 9.59 Å². The number of nitrogens with one attached hydrogen (secondary N) is 1. The molecule has 1 aromatic carbocycles. The van der Waals surface area contributed by atoms with Crippen molar-refractivity contribution in [3.8, 4) is 0 Å². The smallest absolute Gasteiger partial charge is 0.225 e. The summed E-state index contributed by atoms with van der Waals surface area (Å²) in [6.07, 6.45) is 2.76. The molecule has 1 N–H and O–H groups in total. The van der Waals surface area contributed by atoms with Gasteiger partial charge in [0.05, 0.1) is 5.54 Å². The van der Waals surface area contributed by atoms with Gasteiger partial charge in [0.1, 0.15) is 0 Å². The lowest BCUT2D eigenvalue weighted by molar-refractivity contribution is -0.139. The van der Waals surface area contributed by atoms with Crippen LogP contribution in [0, 0.1) is 11.8 Å². The summed E-state index contributed by atoms with van der Waals surface area (Å²) >= 11 is 0. The molecule has 1 aliphatic heterocycles. The lowest BCUT2D eigenvalue weighted by Gasteiger charge is -2.38. The number of rotatable bonds is 5. The Kier molecular flexibility index (Phi) is 5.13. The first kappa shape index (κ1) is 17.9. The third-order valence-electron chi connectivity index (χ3n) is 5.53. The van der Waals surface area contributed by atoms with Crippen LogP contribution in [0.4, 0.5) is 0 Å². The van der Waals surface area contributed by atoms with Gasteiger partial charge in [-0.15, -0.1) is 0 Å². The van der Waals surface area contributed by atoms with E-state index in [0.29, 0.717) is 19.0 Å². The van der Waals surface area contributed by atoms with E-state index in [-0.39, 0.29) is 17.7 Å². The summed E-state index contributed by atoms with van der Waals surface area (Å²) in [5, 5.41) is 3.13. The summed E-state index contributed by atoms with van der Waals surface area (Å²) in [7, 11) is 4.16. The molecule has 0 spiro atoms. The molecule has 2 fully saturated rings. The fourth-order valence-electron chi connectivity index (χ4n) is 4.36. The Morgan fingerprint density at radius 1 is 1.24 bits per heavy atom. The van der Waals surface area contributed by atoms with Crippen LogP contribution in [0.25, 0.3) is 0 Å². The van der Waals surface area contributed by atoms with Crippen LogP contribution in [0.1, 0.15) is 31.7 Å². The number of likely N-dealkylation sites (tertiary alicyclic amines) is 1. The fraction of sp³-hybridized carbons (Fsp3) is 0.600. The number of benzene rings is 1. The molecule has 2 aliphatic rings. The molecule has 0 aromatic heterocycles. The van der Waals surface area contributed by atoms with Gasteiger partial charge in [0.2, 0.25) is 11.8 Å². The van der Waals surface area contributed by atoms with Gasteiger partial charge in [-0.05, 0) is 44.8 Å². The van der Waals surface area contributed by atoms with Crippen molar-refractivity contribution in [1.82, 2.24) is 15.1 Å². The number of nitrogens with zero attached hydrogens (tertiary/aromatic N) is 2. The van der Waals surface area contributed by atoms with Crippen LogP contribution in [-0.4, -0.2) is 55.3 Å². The van der Waals surface area contributed by atoms with Gasteiger partial charge in [0.15, 0.2) is 0 Å². The molecular formula is C20H29N3O2. The van der Waals surface area contributed by atoms with Crippen molar-refractivity contribution in [3.63, 3.8) is 0 Å². The third-order valence-corrected chi connectivity index (χ3v) is 5.53. The van der Waals surface area contributed by atoms with E-state index in [2.05, 4.69) is 24.3 Å². The van der Waals surface area contributed by atoms with Crippen molar-refractivity contribution in [1.29, 1.82) is 0 Å². The summed E-state index contributed by atoms with van der Waals surface area (Å²) in [6.45, 7) is 3.89. The predicted molar refractivity (Wildman–Crippen MR) is 97.9 cm³/mol. The molecule has 5 heteroatoms. The van der Waals surface area contributed by atoms with Gasteiger partial charge in [-0.25, -0.2) is 0 Å². The second-order valence-electron chi connectivity index (χ2n) is 7.94. The number of hydrogen-bond acceptors (Lipinski definition) is 3. The Morgan fingerprint density at radius 2 is 1.92 bits per heavy atom. The van der Waals surface area contributed by atoms with Gasteiger partial charge in [-0.3, -0.25) is 9.59 Å². The van der Waals surface area contributed by atoms with Gasteiger partial charge in [-0.1, -0.05) is 30.3 Å². The summed E-state index contributed by atoms with van der Waals surface area (Å²) in [5.41, 5.74) is 0.634. The fourth-order valence-corrected chi connectivity index (χ4v) is 4.36. The van der Waals surface area contributed by atoms with Crippen molar-refractivity contribution >= 4 is 11.8 Å². The lowest BCUT2D eigenvalue weighted by Crippen LogP contribution is -2.49. The Bertz CT molecular complexity index is 625. The Balaban J connectivity index is 1.66. The highest BCUT2D eigenvalue weighted by Crippen LogP contribution is 2.38. The van der Waals surface area contributed by atoms with E-state index in [1.807, 2.05) is 35.2 Å². The summed E-state index contributed by atoms with van der Waals surface area (Å²) in [4.78, 5) is 28.8. The van der Waals surface area contributed by atoms with Crippen LogP contribution in [0.5, 0.6) is 0 Å². The number of carbonyl (C=O) groups excluding carboxylic acids is 2. The molecule has 0 radical (unpaired) electrons. The van der Waals surface area contributed by atoms with Gasteiger partial charge < -0.3 is 15.1 Å². The molecule has 1 aliphatic carbocycles. The molecule has 1 heterocycles. The van der Waals surface area contributed by atoms with Gasteiger partial charge in [0.25, 0.3) is 0 Å². The molecule has 136 valence electrons. The summed E-state index contributed by atoms with van der Waals surface area (Å²) < 4.78 is 0. The molecule has 0 bridgehead atoms. The molecule has 2 amide bonds. The van der Waals surface area contributed by atoms with Crippen molar-refractivity contribution in [2.75, 3.05) is 33.7 Å². The largest absolute Gasteiger partial charge is 0.345 e. The van der Waals surface area contributed by atoms with Crippen molar-refractivity contribution in [2.45, 2.75) is 31.7 Å². The number of carbonyl (C=O) groups is 2. The zero-order valence-corrected chi connectivity index (χ0v) is 15.5. The summed E-state index contributed by atoms with van der Waals surface area (Å²) in [5.74, 6) is 1.01. The average Bonchev–Trinajstić information content (AvgIpc) is 2.95. The second-order valence-corrected chi connectivity index (χ2v) is 7.94. The maximum absolute atomic E-state index is 12.9. The van der Waals surface area contributed by atoms with Crippen LogP contribution in [0.3, 0.4) is 0 Å². The van der Waals surface area contributed by atoms with E-state index in [4.69, 9.17) is 0 Å². The quantitative estimate of drug-likeness (QED) is 0.888. The maximum Gasteiger partial charge on any atom is 0.225 e. The standard InChI is InChI=1S/C20H29N3O2/c1-15(24)21-20(18-7-5-4-6-8-18)9-10-23(14-20)19(25)17-11-16(12-17)13-22(2)3/h4-8,16-17H,9-14H2,1-3H3,(H,21,24). The first-order chi connectivity index (χ1) is 11.9. The normalized spacial score (nSPS) is 28.7. The van der Waals surface area contributed by atoms with Crippen molar-refractivity contribution in [3.05, 3.63) is 35.9 Å². The second kappa shape index (κ2) is 7.16. The molecule has 25 heavy (non-hydrogen) atoms. The minimum absolute atomic E-state index is 0.0483. The van der Waals surface area contributed by atoms with E-state index in [0.717, 1.165) is 31.4 Å². The zero-order valence-electron chi connectivity index (χ0n) is 15.5. The highest BCUT2D eigenvalue weighted by Gasteiger charge is 2.45. The zero-order chi connectivity index (χ0) is 18.0. The van der Waals surface area contributed by atoms with Crippen LogP contribution < -0.4 is 5.32 Å². The SMILES string of the molecule is CC(=O)NC1(c2ccccc2)CCN(C(=O)C2CC(CN(C)C)C2)C1. The van der Waals surface area contributed by atoms with E-state index in [1.54, 1.807) is 6.92 Å². The maximum atomic E-state index is 12.9. The molecule has 1 atom stereocenters. The molecule has 1 aromatic rings. The number of amides is 2. The van der Waals surface area contributed by atoms with E-state index in [9.17, 15) is 9.59 Å². The van der Waals surface area contributed by atoms with Gasteiger partial charge >= 0.3 is 0 Å². The molecular weight excluding hydrogens is 314 g/mol. The predicted octanol–water partition coefficient (Wildman–Crippen LogP) is 1.84. The molecule has 1 saturated carbocycles. The van der Waals surface area contributed by atoms with Crippen LogP contribution in [0.15, 0.2) is 30.3 Å². The lowest BCUT2D eigenvalue weighted by atomic mass is 9.74. The van der Waals surface area contributed by atoms with Gasteiger partial charge in [-0.2, -0.15) is 0 Å². The van der Waals surface area contributed by atoms with E-state index in [1.165, 1.54) is 0 Å². The minimum atomic E-state index is -0.449. The first-order valence-electron chi connectivity index (χ1n) is 9.17. The monoisotopic (exact) mass is 343 g/mol. The average molecular weight is 343 g/mol. The Labute approximate surface area is 150 Å². The van der Waals surface area contributed by atoms with Crippen LogP contribution >= 0.6 is 0 Å². The highest BCUT2D eigenvalue weighted by molar-refractivity contribution is 5.81. The minimum Gasteiger partial charge on any atom is -0.345 e. The van der Waals surface area contributed by atoms with Crippen LogP contribution in [-0.2, 0) is 15.1 Å². The Hall–Kier alpha value is -1.88.